The molecule has 2 aromatic rings. The van der Waals surface area contributed by atoms with Crippen LogP contribution in [0.15, 0.2) is 42.3 Å². The molecule has 0 unspecified atom stereocenters. The highest BCUT2D eigenvalue weighted by Gasteiger charge is 2.13. The molecule has 2 rings (SSSR count). The van der Waals surface area contributed by atoms with E-state index in [1.165, 1.54) is 0 Å². The molecule has 0 aliphatic carbocycles. The van der Waals surface area contributed by atoms with E-state index in [-0.39, 0.29) is 5.91 Å². The van der Waals surface area contributed by atoms with Crippen molar-refractivity contribution in [2.75, 3.05) is 5.75 Å². The molecule has 7 nitrogen and oxygen atoms in total. The number of amides is 1. The maximum atomic E-state index is 10.9. The Morgan fingerprint density at radius 2 is 2.08 bits per heavy atom. The van der Waals surface area contributed by atoms with Crippen LogP contribution in [0.2, 0.25) is 0 Å². The van der Waals surface area contributed by atoms with E-state index in [9.17, 15) is 4.79 Å². The Labute approximate surface area is 145 Å². The lowest BCUT2D eigenvalue weighted by Gasteiger charge is -2.07. The first-order chi connectivity index (χ1) is 11.8. The lowest BCUT2D eigenvalue weighted by molar-refractivity contribution is -0.129. The van der Waals surface area contributed by atoms with Crippen LogP contribution >= 0.6 is 11.8 Å². The molecule has 0 aromatic carbocycles. The Bertz CT molecular complexity index is 660. The average molecular weight is 347 g/mol. The van der Waals surface area contributed by atoms with Gasteiger partial charge in [-0.05, 0) is 25.0 Å². The summed E-state index contributed by atoms with van der Waals surface area (Å²) in [5.74, 6) is 1.36. The van der Waals surface area contributed by atoms with E-state index < -0.39 is 0 Å². The molecule has 0 radical (unpaired) electrons. The van der Waals surface area contributed by atoms with E-state index in [0.717, 1.165) is 41.6 Å². The fourth-order valence-corrected chi connectivity index (χ4v) is 3.13. The van der Waals surface area contributed by atoms with Gasteiger partial charge in [0.1, 0.15) is 0 Å². The van der Waals surface area contributed by atoms with Crippen molar-refractivity contribution in [3.63, 3.8) is 0 Å². The standard InChI is InChI=1S/C16H21N5O2S/c1-2-11-21-15(13-7-9-17-10-8-13)18-19-16(21)24-12-5-3-4-6-14(22)20-23/h2,7-10,23H,1,3-6,11-12H2,(H,20,22). The van der Waals surface area contributed by atoms with Crippen LogP contribution < -0.4 is 5.48 Å². The third-order valence-corrected chi connectivity index (χ3v) is 4.42. The van der Waals surface area contributed by atoms with Gasteiger partial charge in [-0.2, -0.15) is 0 Å². The molecule has 2 aromatic heterocycles. The van der Waals surface area contributed by atoms with Gasteiger partial charge in [-0.15, -0.1) is 16.8 Å². The van der Waals surface area contributed by atoms with Gasteiger partial charge in [0.25, 0.3) is 0 Å². The molecule has 1 amide bonds. The normalized spacial score (nSPS) is 10.5. The Kier molecular flexibility index (Phi) is 7.44. The van der Waals surface area contributed by atoms with Gasteiger partial charge in [0.2, 0.25) is 5.91 Å². The zero-order valence-corrected chi connectivity index (χ0v) is 14.2. The minimum absolute atomic E-state index is 0.338. The Morgan fingerprint density at radius 3 is 2.79 bits per heavy atom. The van der Waals surface area contributed by atoms with Crippen molar-refractivity contribution in [1.29, 1.82) is 0 Å². The second kappa shape index (κ2) is 9.84. The van der Waals surface area contributed by atoms with Crippen LogP contribution in [0, 0.1) is 0 Å². The van der Waals surface area contributed by atoms with Crippen molar-refractivity contribution < 1.29 is 10.0 Å². The van der Waals surface area contributed by atoms with Crippen LogP contribution in [0.1, 0.15) is 25.7 Å². The van der Waals surface area contributed by atoms with Crippen LogP contribution in [0.5, 0.6) is 0 Å². The molecule has 24 heavy (non-hydrogen) atoms. The van der Waals surface area contributed by atoms with Crippen molar-refractivity contribution >= 4 is 17.7 Å². The van der Waals surface area contributed by atoms with E-state index in [1.807, 2.05) is 22.8 Å². The summed E-state index contributed by atoms with van der Waals surface area (Å²) in [4.78, 5) is 14.9. The number of nitrogens with one attached hydrogen (secondary N) is 1. The molecular formula is C16H21N5O2S. The molecule has 0 atom stereocenters. The van der Waals surface area contributed by atoms with Crippen molar-refractivity contribution in [2.24, 2.45) is 0 Å². The Balaban J connectivity index is 1.90. The Hall–Kier alpha value is -2.19. The zero-order valence-electron chi connectivity index (χ0n) is 13.4. The maximum Gasteiger partial charge on any atom is 0.243 e. The average Bonchev–Trinajstić information content (AvgIpc) is 3.01. The molecule has 2 heterocycles. The van der Waals surface area contributed by atoms with Crippen LogP contribution in [0.25, 0.3) is 11.4 Å². The Morgan fingerprint density at radius 1 is 1.29 bits per heavy atom. The van der Waals surface area contributed by atoms with E-state index >= 15 is 0 Å². The van der Waals surface area contributed by atoms with Crippen molar-refractivity contribution in [1.82, 2.24) is 25.2 Å². The number of hydrogen-bond donors (Lipinski definition) is 2. The highest BCUT2D eigenvalue weighted by atomic mass is 32.2. The fraction of sp³-hybridized carbons (Fsp3) is 0.375. The van der Waals surface area contributed by atoms with E-state index in [4.69, 9.17) is 5.21 Å². The summed E-state index contributed by atoms with van der Waals surface area (Å²) in [5, 5.41) is 17.9. The second-order valence-corrected chi connectivity index (χ2v) is 6.20. The molecular weight excluding hydrogens is 326 g/mol. The van der Waals surface area contributed by atoms with Crippen molar-refractivity contribution in [2.45, 2.75) is 37.4 Å². The number of aromatic nitrogens is 4. The summed E-state index contributed by atoms with van der Waals surface area (Å²) in [6, 6.07) is 3.81. The molecule has 128 valence electrons. The number of pyridine rings is 1. The molecule has 2 N–H and O–H groups in total. The van der Waals surface area contributed by atoms with Crippen molar-refractivity contribution in [3.05, 3.63) is 37.2 Å². The van der Waals surface area contributed by atoms with Gasteiger partial charge < -0.3 is 0 Å². The maximum absolute atomic E-state index is 10.9. The second-order valence-electron chi connectivity index (χ2n) is 5.14. The molecule has 0 saturated heterocycles. The van der Waals surface area contributed by atoms with Gasteiger partial charge in [-0.1, -0.05) is 24.3 Å². The minimum Gasteiger partial charge on any atom is -0.298 e. The highest BCUT2D eigenvalue weighted by Crippen LogP contribution is 2.24. The van der Waals surface area contributed by atoms with Crippen LogP contribution in [-0.2, 0) is 11.3 Å². The highest BCUT2D eigenvalue weighted by molar-refractivity contribution is 7.99. The molecule has 0 saturated carbocycles. The minimum atomic E-state index is -0.338. The smallest absolute Gasteiger partial charge is 0.243 e. The van der Waals surface area contributed by atoms with Gasteiger partial charge in [0.05, 0.1) is 0 Å². The monoisotopic (exact) mass is 347 g/mol. The van der Waals surface area contributed by atoms with Gasteiger partial charge in [-0.25, -0.2) is 5.48 Å². The van der Waals surface area contributed by atoms with Crippen LogP contribution in [0.4, 0.5) is 0 Å². The summed E-state index contributed by atoms with van der Waals surface area (Å²) in [6.07, 6.45) is 8.29. The summed E-state index contributed by atoms with van der Waals surface area (Å²) in [5.41, 5.74) is 2.62. The number of rotatable bonds is 10. The first kappa shape index (κ1) is 18.2. The fourth-order valence-electron chi connectivity index (χ4n) is 2.19. The molecule has 0 aliphatic heterocycles. The van der Waals surface area contributed by atoms with Crippen LogP contribution in [0.3, 0.4) is 0 Å². The summed E-state index contributed by atoms with van der Waals surface area (Å²) < 4.78 is 2.03. The van der Waals surface area contributed by atoms with E-state index in [0.29, 0.717) is 13.0 Å². The number of hydrogen-bond acceptors (Lipinski definition) is 6. The van der Waals surface area contributed by atoms with Gasteiger partial charge in [0.15, 0.2) is 11.0 Å². The summed E-state index contributed by atoms with van der Waals surface area (Å²) in [6.45, 7) is 4.44. The number of nitrogens with zero attached hydrogens (tertiary/aromatic N) is 4. The molecule has 0 aliphatic rings. The quantitative estimate of drug-likeness (QED) is 0.226. The third-order valence-electron chi connectivity index (χ3n) is 3.37. The largest absolute Gasteiger partial charge is 0.298 e. The lowest BCUT2D eigenvalue weighted by atomic mass is 10.2. The number of thioether (sulfide) groups is 1. The van der Waals surface area contributed by atoms with Crippen molar-refractivity contribution in [3.8, 4) is 11.4 Å². The molecule has 0 spiro atoms. The topological polar surface area (TPSA) is 92.9 Å². The zero-order chi connectivity index (χ0) is 17.2. The van der Waals surface area contributed by atoms with E-state index in [2.05, 4.69) is 21.8 Å². The third kappa shape index (κ3) is 5.17. The van der Waals surface area contributed by atoms with Gasteiger partial charge >= 0.3 is 0 Å². The lowest BCUT2D eigenvalue weighted by Crippen LogP contribution is -2.17. The first-order valence-electron chi connectivity index (χ1n) is 7.76. The number of allylic oxidation sites excluding steroid dienone is 1. The van der Waals surface area contributed by atoms with Gasteiger partial charge in [-0.3, -0.25) is 19.6 Å². The molecule has 0 fully saturated rings. The number of unbranched alkanes of at least 4 members (excludes halogenated alkanes) is 2. The summed E-state index contributed by atoms with van der Waals surface area (Å²) in [7, 11) is 0. The SMILES string of the molecule is C=CCn1c(SCCCCCC(=O)NO)nnc1-c1ccncc1. The molecule has 0 bridgehead atoms. The predicted molar refractivity (Wildman–Crippen MR) is 92.6 cm³/mol. The predicted octanol–water partition coefficient (Wildman–Crippen LogP) is 2.68. The van der Waals surface area contributed by atoms with Crippen LogP contribution in [-0.4, -0.2) is 36.6 Å². The van der Waals surface area contributed by atoms with E-state index in [1.54, 1.807) is 29.6 Å². The number of carbonyl (C=O) groups excluding carboxylic acids is 1. The number of hydroxylamine groups is 1. The molecule has 8 heteroatoms. The van der Waals surface area contributed by atoms with Gasteiger partial charge in [0, 0.05) is 36.7 Å². The number of carbonyl (C=O) groups is 1. The first-order valence-corrected chi connectivity index (χ1v) is 8.75. The summed E-state index contributed by atoms with van der Waals surface area (Å²) >= 11 is 1.64.